The highest BCUT2D eigenvalue weighted by atomic mass is 28.3. The van der Waals surface area contributed by atoms with Gasteiger partial charge in [-0.25, -0.2) is 0 Å². The van der Waals surface area contributed by atoms with Crippen LogP contribution in [0.4, 0.5) is 0 Å². The van der Waals surface area contributed by atoms with E-state index in [4.69, 9.17) is 0 Å². The highest BCUT2D eigenvalue weighted by Gasteiger charge is 2.16. The Hall–Kier alpha value is -1.60. The zero-order chi connectivity index (χ0) is 14.3. The first-order valence-electron chi connectivity index (χ1n) is 6.74. The topological polar surface area (TPSA) is 0 Å². The fourth-order valence-corrected chi connectivity index (χ4v) is 4.94. The van der Waals surface area contributed by atoms with Crippen LogP contribution in [0.25, 0.3) is 0 Å². The number of hydrogen-bond acceptors (Lipinski definition) is 0. The highest BCUT2D eigenvalue weighted by Crippen LogP contribution is 2.12. The Morgan fingerprint density at radius 2 is 1.68 bits per heavy atom. The Morgan fingerprint density at radius 3 is 2.21 bits per heavy atom. The summed E-state index contributed by atoms with van der Waals surface area (Å²) in [5.74, 6) is 0. The third-order valence-corrected chi connectivity index (χ3v) is 6.11. The molecule has 0 bridgehead atoms. The van der Waals surface area contributed by atoms with Gasteiger partial charge in [-0.05, 0) is 27.7 Å². The second-order valence-corrected chi connectivity index (χ2v) is 8.26. The minimum Gasteiger partial charge on any atom is -0.0993 e. The molecule has 1 rings (SSSR count). The van der Waals surface area contributed by atoms with Gasteiger partial charge in [0, 0.05) is 0 Å². The molecule has 0 N–H and O–H groups in total. The first-order valence-corrected chi connectivity index (χ1v) is 8.47. The maximum Gasteiger partial charge on any atom is 0.127 e. The zero-order valence-electron chi connectivity index (χ0n) is 12.5. The second kappa shape index (κ2) is 7.75. The molecule has 1 atom stereocenters. The molecule has 0 fully saturated rings. The first-order chi connectivity index (χ1) is 9.06. The molecule has 19 heavy (non-hydrogen) atoms. The van der Waals surface area contributed by atoms with Crippen LogP contribution in [0.2, 0.25) is 0 Å². The zero-order valence-corrected chi connectivity index (χ0v) is 13.6. The second-order valence-electron chi connectivity index (χ2n) is 5.07. The predicted octanol–water partition coefficient (Wildman–Crippen LogP) is 4.24. The van der Waals surface area contributed by atoms with E-state index in [1.54, 1.807) is 0 Å². The van der Waals surface area contributed by atoms with Crippen molar-refractivity contribution in [1.29, 1.82) is 0 Å². The SMILES string of the molecule is C=C(C=CC)[SiH](C(C)=CC=C(C)C)c1ccccc1. The molecule has 0 saturated heterocycles. The van der Waals surface area contributed by atoms with E-state index in [0.29, 0.717) is 0 Å². The molecule has 0 aliphatic heterocycles. The molecule has 0 aromatic heterocycles. The van der Waals surface area contributed by atoms with Gasteiger partial charge in [-0.1, -0.05) is 82.4 Å². The summed E-state index contributed by atoms with van der Waals surface area (Å²) in [6, 6.07) is 10.8. The molecule has 1 unspecified atom stereocenters. The van der Waals surface area contributed by atoms with Gasteiger partial charge < -0.3 is 0 Å². The Morgan fingerprint density at radius 1 is 1.05 bits per heavy atom. The van der Waals surface area contributed by atoms with Crippen LogP contribution in [0.15, 0.2) is 77.2 Å². The number of hydrogen-bond donors (Lipinski definition) is 0. The summed E-state index contributed by atoms with van der Waals surface area (Å²) in [5.41, 5.74) is 1.33. The summed E-state index contributed by atoms with van der Waals surface area (Å²) in [4.78, 5) is 0. The van der Waals surface area contributed by atoms with Crippen molar-refractivity contribution in [2.24, 2.45) is 0 Å². The van der Waals surface area contributed by atoms with Crippen molar-refractivity contribution >= 4 is 14.0 Å². The molecule has 1 aromatic carbocycles. The molecule has 1 aromatic rings. The monoisotopic (exact) mass is 268 g/mol. The normalized spacial score (nSPS) is 13.4. The Balaban J connectivity index is 3.17. The van der Waals surface area contributed by atoms with E-state index >= 15 is 0 Å². The lowest BCUT2D eigenvalue weighted by atomic mass is 10.3. The average molecular weight is 268 g/mol. The maximum absolute atomic E-state index is 4.28. The van der Waals surface area contributed by atoms with Gasteiger partial charge in [-0.2, -0.15) is 0 Å². The molecule has 0 aliphatic rings. The van der Waals surface area contributed by atoms with Gasteiger partial charge in [0.1, 0.15) is 8.80 Å². The van der Waals surface area contributed by atoms with Gasteiger partial charge in [0.2, 0.25) is 0 Å². The van der Waals surface area contributed by atoms with E-state index < -0.39 is 8.80 Å². The number of rotatable bonds is 5. The van der Waals surface area contributed by atoms with E-state index in [1.165, 1.54) is 21.2 Å². The summed E-state index contributed by atoms with van der Waals surface area (Å²) >= 11 is 0. The van der Waals surface area contributed by atoms with Gasteiger partial charge in [0.15, 0.2) is 0 Å². The van der Waals surface area contributed by atoms with Crippen LogP contribution in [-0.4, -0.2) is 8.80 Å². The Kier molecular flexibility index (Phi) is 6.30. The van der Waals surface area contributed by atoms with Crippen molar-refractivity contribution in [3.05, 3.63) is 77.2 Å². The van der Waals surface area contributed by atoms with Gasteiger partial charge >= 0.3 is 0 Å². The van der Waals surface area contributed by atoms with Gasteiger partial charge in [0.25, 0.3) is 0 Å². The lowest BCUT2D eigenvalue weighted by Gasteiger charge is -2.17. The summed E-state index contributed by atoms with van der Waals surface area (Å²) in [7, 11) is -1.32. The van der Waals surface area contributed by atoms with Gasteiger partial charge in [0.05, 0.1) is 0 Å². The van der Waals surface area contributed by atoms with E-state index in [1.807, 2.05) is 0 Å². The molecule has 0 radical (unpaired) electrons. The molecule has 1 heteroatoms. The van der Waals surface area contributed by atoms with Crippen molar-refractivity contribution in [2.75, 3.05) is 0 Å². The molecule has 0 heterocycles. The standard InChI is InChI=1S/C18H24Si/c1-6-10-16(4)19(17(5)14-13-15(2)3)18-11-8-7-9-12-18/h6-14,19H,4H2,1-3,5H3. The van der Waals surface area contributed by atoms with Gasteiger partial charge in [-0.15, -0.1) is 0 Å². The Bertz CT molecular complexity index is 500. The molecular weight excluding hydrogens is 244 g/mol. The highest BCUT2D eigenvalue weighted by molar-refractivity contribution is 6.86. The summed E-state index contributed by atoms with van der Waals surface area (Å²) in [6.07, 6.45) is 8.69. The average Bonchev–Trinajstić information content (AvgIpc) is 2.38. The largest absolute Gasteiger partial charge is 0.127 e. The van der Waals surface area contributed by atoms with Crippen LogP contribution in [0.1, 0.15) is 27.7 Å². The first kappa shape index (κ1) is 15.5. The van der Waals surface area contributed by atoms with Crippen molar-refractivity contribution in [3.63, 3.8) is 0 Å². The quantitative estimate of drug-likeness (QED) is 0.553. The molecule has 0 saturated carbocycles. The van der Waals surface area contributed by atoms with E-state index in [0.717, 1.165) is 0 Å². The summed E-state index contributed by atoms with van der Waals surface area (Å²) in [6.45, 7) is 12.8. The fourth-order valence-electron chi connectivity index (χ4n) is 2.12. The number of benzene rings is 1. The lowest BCUT2D eigenvalue weighted by Crippen LogP contribution is -2.33. The molecule has 0 spiro atoms. The maximum atomic E-state index is 4.28. The molecule has 0 aliphatic carbocycles. The van der Waals surface area contributed by atoms with Crippen LogP contribution in [-0.2, 0) is 0 Å². The minimum atomic E-state index is -1.32. The van der Waals surface area contributed by atoms with Crippen LogP contribution in [0.5, 0.6) is 0 Å². The summed E-state index contributed by atoms with van der Waals surface area (Å²) in [5, 5.41) is 4.15. The summed E-state index contributed by atoms with van der Waals surface area (Å²) < 4.78 is 0. The third kappa shape index (κ3) is 4.88. The van der Waals surface area contributed by atoms with Crippen molar-refractivity contribution in [2.45, 2.75) is 27.7 Å². The number of allylic oxidation sites excluding steroid dienone is 7. The van der Waals surface area contributed by atoms with Crippen molar-refractivity contribution in [1.82, 2.24) is 0 Å². The minimum absolute atomic E-state index is 1.27. The predicted molar refractivity (Wildman–Crippen MR) is 90.4 cm³/mol. The van der Waals surface area contributed by atoms with Crippen LogP contribution in [0, 0.1) is 0 Å². The lowest BCUT2D eigenvalue weighted by molar-refractivity contribution is 1.39. The molecule has 0 nitrogen and oxygen atoms in total. The smallest absolute Gasteiger partial charge is 0.0993 e. The van der Waals surface area contributed by atoms with Crippen molar-refractivity contribution in [3.8, 4) is 0 Å². The molecule has 0 amide bonds. The van der Waals surface area contributed by atoms with E-state index in [9.17, 15) is 0 Å². The molecule has 100 valence electrons. The van der Waals surface area contributed by atoms with Gasteiger partial charge in [-0.3, -0.25) is 0 Å². The fraction of sp³-hybridized carbons (Fsp3) is 0.222. The van der Waals surface area contributed by atoms with E-state index in [-0.39, 0.29) is 0 Å². The van der Waals surface area contributed by atoms with Crippen LogP contribution < -0.4 is 5.19 Å². The van der Waals surface area contributed by atoms with Crippen molar-refractivity contribution < 1.29 is 0 Å². The Labute approximate surface area is 119 Å². The van der Waals surface area contributed by atoms with Crippen LogP contribution in [0.3, 0.4) is 0 Å². The third-order valence-electron chi connectivity index (χ3n) is 3.02. The van der Waals surface area contributed by atoms with E-state index in [2.05, 4.69) is 88.9 Å². The van der Waals surface area contributed by atoms with Crippen LogP contribution >= 0.6 is 0 Å². The molecular formula is C18H24Si.